The summed E-state index contributed by atoms with van der Waals surface area (Å²) in [6.45, 7) is 3.98. The number of carbonyl (C=O) groups is 1. The summed E-state index contributed by atoms with van der Waals surface area (Å²) < 4.78 is 5.07. The highest BCUT2D eigenvalue weighted by Crippen LogP contribution is 2.26. The molecule has 0 saturated heterocycles. The van der Waals surface area contributed by atoms with E-state index in [2.05, 4.69) is 10.5 Å². The van der Waals surface area contributed by atoms with Crippen LogP contribution in [0.5, 0.6) is 0 Å². The van der Waals surface area contributed by atoms with E-state index in [-0.39, 0.29) is 5.91 Å². The smallest absolute Gasteiger partial charge is 0.256 e. The Morgan fingerprint density at radius 3 is 2.60 bits per heavy atom. The van der Waals surface area contributed by atoms with Gasteiger partial charge in [0.2, 0.25) is 0 Å². The van der Waals surface area contributed by atoms with Crippen LogP contribution in [-0.2, 0) is 6.42 Å². The molecule has 0 aliphatic heterocycles. The molecule has 1 amide bonds. The number of aryl methyl sites for hydroxylation is 2. The average Bonchev–Trinajstić information content (AvgIpc) is 2.67. The lowest BCUT2D eigenvalue weighted by molar-refractivity contribution is 0.0246. The van der Waals surface area contributed by atoms with Gasteiger partial charge < -0.3 is 14.9 Å². The number of nitrogens with one attached hydrogen (secondary N) is 1. The quantitative estimate of drug-likeness (QED) is 0.830. The molecule has 112 valence electrons. The van der Waals surface area contributed by atoms with Crippen LogP contribution in [0.25, 0.3) is 0 Å². The molecule has 1 fully saturated rings. The monoisotopic (exact) mass is 280 g/mol. The molecule has 1 aliphatic carbocycles. The number of hydrogen-bond donors (Lipinski definition) is 2. The van der Waals surface area contributed by atoms with E-state index in [1.54, 1.807) is 6.92 Å². The summed E-state index contributed by atoms with van der Waals surface area (Å²) in [5, 5.41) is 17.3. The normalized spacial score (nSPS) is 18.6. The largest absolute Gasteiger partial charge is 0.388 e. The molecule has 2 rings (SSSR count). The van der Waals surface area contributed by atoms with E-state index in [4.69, 9.17) is 4.52 Å². The average molecular weight is 280 g/mol. The molecule has 20 heavy (non-hydrogen) atoms. The molecule has 1 aliphatic rings. The van der Waals surface area contributed by atoms with Crippen LogP contribution < -0.4 is 5.32 Å². The molecule has 5 nitrogen and oxygen atoms in total. The van der Waals surface area contributed by atoms with Gasteiger partial charge in [0.1, 0.15) is 11.3 Å². The third-order valence-electron chi connectivity index (χ3n) is 4.11. The van der Waals surface area contributed by atoms with Crippen molar-refractivity contribution in [2.24, 2.45) is 0 Å². The summed E-state index contributed by atoms with van der Waals surface area (Å²) in [5.41, 5.74) is 0.432. The molecule has 2 N–H and O–H groups in total. The Balaban J connectivity index is 1.99. The molecule has 1 heterocycles. The fourth-order valence-corrected chi connectivity index (χ4v) is 2.85. The van der Waals surface area contributed by atoms with Crippen molar-refractivity contribution in [2.45, 2.75) is 64.4 Å². The maximum atomic E-state index is 12.3. The maximum Gasteiger partial charge on any atom is 0.256 e. The van der Waals surface area contributed by atoms with Crippen molar-refractivity contribution < 1.29 is 14.4 Å². The molecule has 1 aromatic rings. The van der Waals surface area contributed by atoms with E-state index in [0.717, 1.165) is 25.7 Å². The van der Waals surface area contributed by atoms with Crippen LogP contribution >= 0.6 is 0 Å². The van der Waals surface area contributed by atoms with Gasteiger partial charge in [-0.3, -0.25) is 4.79 Å². The Kier molecular flexibility index (Phi) is 4.81. The van der Waals surface area contributed by atoms with Gasteiger partial charge in [-0.25, -0.2) is 0 Å². The first-order chi connectivity index (χ1) is 9.56. The summed E-state index contributed by atoms with van der Waals surface area (Å²) in [7, 11) is 0. The molecule has 0 unspecified atom stereocenters. The fourth-order valence-electron chi connectivity index (χ4n) is 2.85. The standard InChI is InChI=1S/C15H24N2O3/c1-3-12-13(11(2)20-17-12)14(18)16-10-15(19)8-6-4-5-7-9-15/h19H,3-10H2,1-2H3,(H,16,18). The zero-order valence-electron chi connectivity index (χ0n) is 12.4. The van der Waals surface area contributed by atoms with Crippen LogP contribution in [0.1, 0.15) is 67.3 Å². The maximum absolute atomic E-state index is 12.3. The summed E-state index contributed by atoms with van der Waals surface area (Å²) in [6.07, 6.45) is 6.57. The summed E-state index contributed by atoms with van der Waals surface area (Å²) in [4.78, 5) is 12.3. The second-order valence-electron chi connectivity index (χ2n) is 5.74. The summed E-state index contributed by atoms with van der Waals surface area (Å²) in [6, 6.07) is 0. The van der Waals surface area contributed by atoms with Crippen LogP contribution in [0.2, 0.25) is 0 Å². The Morgan fingerprint density at radius 1 is 1.35 bits per heavy atom. The Morgan fingerprint density at radius 2 is 2.00 bits per heavy atom. The number of hydrogen-bond acceptors (Lipinski definition) is 4. The van der Waals surface area contributed by atoms with Crippen molar-refractivity contribution in [2.75, 3.05) is 6.54 Å². The minimum atomic E-state index is -0.760. The van der Waals surface area contributed by atoms with E-state index in [0.29, 0.717) is 30.0 Å². The highest BCUT2D eigenvalue weighted by Gasteiger charge is 2.29. The van der Waals surface area contributed by atoms with E-state index >= 15 is 0 Å². The second-order valence-corrected chi connectivity index (χ2v) is 5.74. The third-order valence-corrected chi connectivity index (χ3v) is 4.11. The van der Waals surface area contributed by atoms with Crippen LogP contribution in [-0.4, -0.2) is 28.3 Å². The van der Waals surface area contributed by atoms with Crippen LogP contribution in [0.3, 0.4) is 0 Å². The zero-order valence-corrected chi connectivity index (χ0v) is 12.4. The zero-order chi connectivity index (χ0) is 14.6. The molecule has 0 bridgehead atoms. The van der Waals surface area contributed by atoms with E-state index in [1.165, 1.54) is 12.8 Å². The van der Waals surface area contributed by atoms with E-state index in [9.17, 15) is 9.90 Å². The van der Waals surface area contributed by atoms with E-state index in [1.807, 2.05) is 6.92 Å². The van der Waals surface area contributed by atoms with Crippen LogP contribution in [0.15, 0.2) is 4.52 Å². The highest BCUT2D eigenvalue weighted by molar-refractivity contribution is 5.96. The topological polar surface area (TPSA) is 75.4 Å². The van der Waals surface area contributed by atoms with Gasteiger partial charge in [-0.15, -0.1) is 0 Å². The van der Waals surface area contributed by atoms with E-state index < -0.39 is 5.60 Å². The first-order valence-electron chi connectivity index (χ1n) is 7.51. The number of rotatable bonds is 4. The summed E-state index contributed by atoms with van der Waals surface area (Å²) in [5.74, 6) is 0.338. The molecular weight excluding hydrogens is 256 g/mol. The number of nitrogens with zero attached hydrogens (tertiary/aromatic N) is 1. The van der Waals surface area contributed by atoms with Crippen molar-refractivity contribution in [3.05, 3.63) is 17.0 Å². The van der Waals surface area contributed by atoms with Gasteiger partial charge in [0.25, 0.3) is 5.91 Å². The number of carbonyl (C=O) groups excluding carboxylic acids is 1. The van der Waals surface area contributed by atoms with Crippen molar-refractivity contribution >= 4 is 5.91 Å². The lowest BCUT2D eigenvalue weighted by Crippen LogP contribution is -2.42. The first-order valence-corrected chi connectivity index (χ1v) is 7.51. The Labute approximate surface area is 119 Å². The van der Waals surface area contributed by atoms with Crippen molar-refractivity contribution in [1.29, 1.82) is 0 Å². The molecule has 5 heteroatoms. The molecule has 0 atom stereocenters. The third kappa shape index (κ3) is 3.39. The van der Waals surface area contributed by atoms with Gasteiger partial charge in [-0.1, -0.05) is 37.8 Å². The van der Waals surface area contributed by atoms with Gasteiger partial charge >= 0.3 is 0 Å². The minimum absolute atomic E-state index is 0.196. The predicted octanol–water partition coefficient (Wildman–Crippen LogP) is 2.36. The van der Waals surface area contributed by atoms with Gasteiger partial charge in [-0.2, -0.15) is 0 Å². The van der Waals surface area contributed by atoms with Crippen molar-refractivity contribution in [3.8, 4) is 0 Å². The van der Waals surface area contributed by atoms with Crippen LogP contribution in [0, 0.1) is 6.92 Å². The molecule has 1 aromatic heterocycles. The Hall–Kier alpha value is -1.36. The molecule has 1 saturated carbocycles. The number of amides is 1. The minimum Gasteiger partial charge on any atom is -0.388 e. The first kappa shape index (κ1) is 15.0. The fraction of sp³-hybridized carbons (Fsp3) is 0.733. The molecule has 0 spiro atoms. The van der Waals surface area contributed by atoms with Gasteiger partial charge in [-0.05, 0) is 26.2 Å². The lowest BCUT2D eigenvalue weighted by Gasteiger charge is -2.26. The highest BCUT2D eigenvalue weighted by atomic mass is 16.5. The Bertz CT molecular complexity index is 460. The van der Waals surface area contributed by atoms with Crippen molar-refractivity contribution in [3.63, 3.8) is 0 Å². The SMILES string of the molecule is CCc1noc(C)c1C(=O)NCC1(O)CCCCCC1. The van der Waals surface area contributed by atoms with Crippen molar-refractivity contribution in [1.82, 2.24) is 10.5 Å². The predicted molar refractivity (Wildman–Crippen MR) is 75.6 cm³/mol. The molecular formula is C15H24N2O3. The second kappa shape index (κ2) is 6.39. The van der Waals surface area contributed by atoms with Gasteiger partial charge in [0, 0.05) is 6.54 Å². The number of aromatic nitrogens is 1. The molecule has 0 radical (unpaired) electrons. The molecule has 0 aromatic carbocycles. The summed E-state index contributed by atoms with van der Waals surface area (Å²) >= 11 is 0. The van der Waals surface area contributed by atoms with Crippen LogP contribution in [0.4, 0.5) is 0 Å². The number of aliphatic hydroxyl groups is 1. The van der Waals surface area contributed by atoms with Gasteiger partial charge in [0.15, 0.2) is 0 Å². The van der Waals surface area contributed by atoms with Gasteiger partial charge in [0.05, 0.1) is 11.3 Å². The lowest BCUT2D eigenvalue weighted by atomic mass is 9.94.